The third-order valence-corrected chi connectivity index (χ3v) is 3.91. The Morgan fingerprint density at radius 2 is 1.68 bits per heavy atom. The van der Waals surface area contributed by atoms with Crippen molar-refractivity contribution in [2.75, 3.05) is 26.4 Å². The number of hydrogen-bond donors (Lipinski definition) is 0. The number of carbonyl (C=O) groups excluding carboxylic acids is 3. The highest BCUT2D eigenvalue weighted by Gasteiger charge is 2.23. The lowest BCUT2D eigenvalue weighted by Crippen LogP contribution is -2.19. The summed E-state index contributed by atoms with van der Waals surface area (Å²) < 4.78 is 22.0. The molecule has 0 saturated carbocycles. The fourth-order valence-electron chi connectivity index (χ4n) is 2.66. The van der Waals surface area contributed by atoms with Crippen LogP contribution in [0.5, 0.6) is 11.5 Å². The quantitative estimate of drug-likeness (QED) is 0.523. The van der Waals surface area contributed by atoms with Crippen molar-refractivity contribution in [1.82, 2.24) is 9.78 Å². The first-order valence-corrected chi connectivity index (χ1v) is 8.88. The average Bonchev–Trinajstić information content (AvgIpc) is 3.12. The minimum Gasteiger partial charge on any atom is -0.486 e. The fourth-order valence-corrected chi connectivity index (χ4v) is 2.66. The Morgan fingerprint density at radius 1 is 1.00 bits per heavy atom. The number of hydrogen-bond acceptors (Lipinski definition) is 8. The molecule has 0 bridgehead atoms. The maximum atomic E-state index is 12.7. The predicted molar refractivity (Wildman–Crippen MR) is 95.9 cm³/mol. The van der Waals surface area contributed by atoms with E-state index in [9.17, 15) is 14.4 Å². The molecule has 28 heavy (non-hydrogen) atoms. The van der Waals surface area contributed by atoms with Crippen LogP contribution in [0.3, 0.4) is 0 Å². The van der Waals surface area contributed by atoms with E-state index in [0.717, 1.165) is 4.68 Å². The Labute approximate surface area is 161 Å². The van der Waals surface area contributed by atoms with Crippen LogP contribution in [0, 0.1) is 0 Å². The lowest BCUT2D eigenvalue weighted by atomic mass is 10.1. The third kappa shape index (κ3) is 4.13. The zero-order valence-corrected chi connectivity index (χ0v) is 15.6. The normalized spacial score (nSPS) is 12.4. The maximum Gasteiger partial charge on any atom is 0.358 e. The number of benzene rings is 1. The molecule has 3 rings (SSSR count). The van der Waals surface area contributed by atoms with E-state index in [0.29, 0.717) is 30.3 Å². The van der Waals surface area contributed by atoms with Crippen LogP contribution in [-0.4, -0.2) is 53.9 Å². The van der Waals surface area contributed by atoms with E-state index in [4.69, 9.17) is 18.9 Å². The summed E-state index contributed by atoms with van der Waals surface area (Å²) >= 11 is 0. The highest BCUT2D eigenvalue weighted by molar-refractivity contribution is 5.98. The number of carbonyl (C=O) groups is 3. The Kier molecular flexibility index (Phi) is 5.93. The van der Waals surface area contributed by atoms with E-state index in [1.165, 1.54) is 6.07 Å². The second-order valence-corrected chi connectivity index (χ2v) is 5.80. The van der Waals surface area contributed by atoms with E-state index < -0.39 is 11.9 Å². The summed E-state index contributed by atoms with van der Waals surface area (Å²) in [5.74, 6) is -0.630. The van der Waals surface area contributed by atoms with Gasteiger partial charge in [-0.05, 0) is 32.0 Å². The first kappa shape index (κ1) is 19.4. The van der Waals surface area contributed by atoms with Gasteiger partial charge in [-0.15, -0.1) is 0 Å². The number of fused-ring (bicyclic) bond motifs is 1. The zero-order chi connectivity index (χ0) is 20.1. The molecule has 2 heterocycles. The van der Waals surface area contributed by atoms with Crippen LogP contribution < -0.4 is 9.47 Å². The van der Waals surface area contributed by atoms with Gasteiger partial charge in [0, 0.05) is 11.6 Å². The molecule has 1 aliphatic heterocycles. The van der Waals surface area contributed by atoms with Crippen molar-refractivity contribution in [3.05, 3.63) is 41.2 Å². The number of ketones is 1. The summed E-state index contributed by atoms with van der Waals surface area (Å²) in [5, 5.41) is 4.05. The van der Waals surface area contributed by atoms with Crippen LogP contribution in [-0.2, 0) is 16.0 Å². The summed E-state index contributed by atoms with van der Waals surface area (Å²) in [6, 6.07) is 6.10. The van der Waals surface area contributed by atoms with Crippen molar-refractivity contribution in [2.45, 2.75) is 20.4 Å². The summed E-state index contributed by atoms with van der Waals surface area (Å²) in [5.41, 5.74) is 0.294. The van der Waals surface area contributed by atoms with Gasteiger partial charge >= 0.3 is 11.9 Å². The monoisotopic (exact) mass is 388 g/mol. The molecule has 2 aromatic rings. The van der Waals surface area contributed by atoms with Gasteiger partial charge in [-0.25, -0.2) is 14.3 Å². The van der Waals surface area contributed by atoms with E-state index in [-0.39, 0.29) is 36.9 Å². The van der Waals surface area contributed by atoms with E-state index in [1.54, 1.807) is 32.0 Å². The van der Waals surface area contributed by atoms with E-state index in [1.807, 2.05) is 0 Å². The van der Waals surface area contributed by atoms with Crippen LogP contribution in [0.25, 0.3) is 0 Å². The average molecular weight is 388 g/mol. The van der Waals surface area contributed by atoms with Crippen LogP contribution in [0.2, 0.25) is 0 Å². The van der Waals surface area contributed by atoms with E-state index >= 15 is 0 Å². The second kappa shape index (κ2) is 8.55. The second-order valence-electron chi connectivity index (χ2n) is 5.80. The number of aromatic nitrogens is 2. The topological polar surface area (TPSA) is 106 Å². The molecule has 1 aromatic heterocycles. The minimum atomic E-state index is -0.682. The molecule has 9 heteroatoms. The Morgan fingerprint density at radius 3 is 2.39 bits per heavy atom. The molecule has 0 fully saturated rings. The van der Waals surface area contributed by atoms with Crippen molar-refractivity contribution in [1.29, 1.82) is 0 Å². The Bertz CT molecular complexity index is 904. The molecule has 0 spiro atoms. The van der Waals surface area contributed by atoms with Crippen molar-refractivity contribution in [2.24, 2.45) is 0 Å². The first-order valence-electron chi connectivity index (χ1n) is 8.88. The summed E-state index contributed by atoms with van der Waals surface area (Å²) in [7, 11) is 0. The predicted octanol–water partition coefficient (Wildman–Crippen LogP) is 1.89. The lowest BCUT2D eigenvalue weighted by molar-refractivity contribution is 0.0505. The molecule has 1 aliphatic rings. The van der Waals surface area contributed by atoms with Gasteiger partial charge in [0.1, 0.15) is 25.5 Å². The Balaban J connectivity index is 1.86. The van der Waals surface area contributed by atoms with Gasteiger partial charge in [0.05, 0.1) is 13.2 Å². The molecule has 9 nitrogen and oxygen atoms in total. The number of esters is 2. The van der Waals surface area contributed by atoms with Crippen molar-refractivity contribution in [3.63, 3.8) is 0 Å². The van der Waals surface area contributed by atoms with Crippen molar-refractivity contribution in [3.8, 4) is 11.5 Å². The minimum absolute atomic E-state index is 0.00389. The number of nitrogens with zero attached hydrogens (tertiary/aromatic N) is 2. The number of ether oxygens (including phenoxy) is 4. The SMILES string of the molecule is CCOC(=O)c1cc(C(=O)OCC)n(CC(=O)c2ccc3c(c2)OCCO3)n1. The highest BCUT2D eigenvalue weighted by atomic mass is 16.6. The summed E-state index contributed by atoms with van der Waals surface area (Å²) in [6.45, 7) is 4.23. The van der Waals surface area contributed by atoms with Crippen LogP contribution in [0.1, 0.15) is 45.2 Å². The standard InChI is InChI=1S/C19H20N2O7/c1-3-25-18(23)13-10-14(19(24)26-4-2)21(20-13)11-15(22)12-5-6-16-17(9-12)28-8-7-27-16/h5-6,9-10H,3-4,7-8,11H2,1-2H3. The van der Waals surface area contributed by atoms with Gasteiger partial charge in [0.15, 0.2) is 23.0 Å². The number of rotatable bonds is 7. The summed E-state index contributed by atoms with van der Waals surface area (Å²) in [4.78, 5) is 36.8. The molecule has 0 unspecified atom stereocenters. The highest BCUT2D eigenvalue weighted by Crippen LogP contribution is 2.31. The molecular formula is C19H20N2O7. The molecule has 0 N–H and O–H groups in total. The van der Waals surface area contributed by atoms with Gasteiger partial charge in [-0.3, -0.25) is 4.79 Å². The molecule has 1 aromatic carbocycles. The van der Waals surface area contributed by atoms with Gasteiger partial charge in [-0.2, -0.15) is 5.10 Å². The van der Waals surface area contributed by atoms with Crippen molar-refractivity contribution < 1.29 is 33.3 Å². The molecular weight excluding hydrogens is 368 g/mol. The van der Waals surface area contributed by atoms with Crippen molar-refractivity contribution >= 4 is 17.7 Å². The molecule has 0 amide bonds. The third-order valence-electron chi connectivity index (χ3n) is 3.91. The fraction of sp³-hybridized carbons (Fsp3) is 0.368. The summed E-state index contributed by atoms with van der Waals surface area (Å²) in [6.07, 6.45) is 0. The van der Waals surface area contributed by atoms with Crippen LogP contribution in [0.4, 0.5) is 0 Å². The molecule has 0 radical (unpaired) electrons. The molecule has 148 valence electrons. The van der Waals surface area contributed by atoms with Gasteiger partial charge < -0.3 is 18.9 Å². The molecule has 0 atom stereocenters. The van der Waals surface area contributed by atoms with Crippen LogP contribution in [0.15, 0.2) is 24.3 Å². The lowest BCUT2D eigenvalue weighted by Gasteiger charge is -2.18. The Hall–Kier alpha value is -3.36. The van der Waals surface area contributed by atoms with Gasteiger partial charge in [0.25, 0.3) is 0 Å². The first-order chi connectivity index (χ1) is 13.5. The van der Waals surface area contributed by atoms with Gasteiger partial charge in [-0.1, -0.05) is 0 Å². The molecule has 0 saturated heterocycles. The zero-order valence-electron chi connectivity index (χ0n) is 15.6. The molecule has 0 aliphatic carbocycles. The maximum absolute atomic E-state index is 12.7. The van der Waals surface area contributed by atoms with Crippen LogP contribution >= 0.6 is 0 Å². The largest absolute Gasteiger partial charge is 0.486 e. The smallest absolute Gasteiger partial charge is 0.358 e. The van der Waals surface area contributed by atoms with E-state index in [2.05, 4.69) is 5.10 Å². The number of Topliss-reactive ketones (excluding diaryl/α,β-unsaturated/α-hetero) is 1. The van der Waals surface area contributed by atoms with Gasteiger partial charge in [0.2, 0.25) is 0 Å².